The summed E-state index contributed by atoms with van der Waals surface area (Å²) in [5.41, 5.74) is 0.166. The van der Waals surface area contributed by atoms with Crippen LogP contribution in [-0.4, -0.2) is 0 Å². The molecule has 1 aliphatic rings. The highest BCUT2D eigenvalue weighted by atomic mass is 19.1. The topological polar surface area (TPSA) is 21.3 Å². The molecule has 0 saturated heterocycles. The largest absolute Gasteiger partial charge is 0.461 e. The van der Waals surface area contributed by atoms with Gasteiger partial charge in [-0.25, -0.2) is 8.78 Å². The van der Waals surface area contributed by atoms with Crippen LogP contribution in [0.2, 0.25) is 0 Å². The van der Waals surface area contributed by atoms with Crippen molar-refractivity contribution in [1.82, 2.24) is 0 Å². The van der Waals surface area contributed by atoms with Gasteiger partial charge in [-0.2, -0.15) is 0 Å². The first kappa shape index (κ1) is 7.09. The minimum absolute atomic E-state index is 0.162. The number of halogens is 2. The molecule has 0 bridgehead atoms. The van der Waals surface area contributed by atoms with Gasteiger partial charge in [0.25, 0.3) is 0 Å². The molecule has 0 amide bonds. The zero-order valence-electron chi connectivity index (χ0n) is 5.97. The van der Waals surface area contributed by atoms with E-state index in [2.05, 4.69) is 5.32 Å². The van der Waals surface area contributed by atoms with Crippen molar-refractivity contribution in [3.63, 3.8) is 0 Å². The normalized spacial score (nSPS) is 13.2. The van der Waals surface area contributed by atoms with Crippen LogP contribution in [0.15, 0.2) is 24.6 Å². The first-order chi connectivity index (χ1) is 5.77. The molecule has 1 aromatic rings. The van der Waals surface area contributed by atoms with Crippen molar-refractivity contribution in [1.29, 1.82) is 0 Å². The fourth-order valence-electron chi connectivity index (χ4n) is 1.01. The van der Waals surface area contributed by atoms with E-state index in [1.807, 2.05) is 0 Å². The van der Waals surface area contributed by atoms with E-state index < -0.39 is 11.6 Å². The molecule has 1 N–H and O–H groups in total. The molecule has 0 aliphatic carbocycles. The third-order valence-electron chi connectivity index (χ3n) is 1.51. The predicted molar refractivity (Wildman–Crippen MR) is 39.7 cm³/mol. The van der Waals surface area contributed by atoms with Crippen molar-refractivity contribution >= 4 is 5.69 Å². The molecule has 2 nitrogen and oxygen atoms in total. The second-order valence-corrected chi connectivity index (χ2v) is 2.33. The van der Waals surface area contributed by atoms with E-state index in [0.717, 1.165) is 12.1 Å². The number of fused-ring (bicyclic) bond motifs is 1. The van der Waals surface area contributed by atoms with Crippen molar-refractivity contribution in [2.45, 2.75) is 0 Å². The predicted octanol–water partition coefficient (Wildman–Crippen LogP) is 2.24. The summed E-state index contributed by atoms with van der Waals surface area (Å²) >= 11 is 0. The molecule has 1 heterocycles. The summed E-state index contributed by atoms with van der Waals surface area (Å²) in [6.07, 6.45) is 2.75. The lowest BCUT2D eigenvalue weighted by atomic mass is 10.2. The van der Waals surface area contributed by atoms with Crippen molar-refractivity contribution in [2.24, 2.45) is 0 Å². The SMILES string of the molecule is Fc1cc(F)c2c(c1)OC=CN2. The molecule has 0 atom stereocenters. The molecule has 0 saturated carbocycles. The fourth-order valence-corrected chi connectivity index (χ4v) is 1.01. The highest BCUT2D eigenvalue weighted by molar-refractivity contribution is 5.60. The van der Waals surface area contributed by atoms with Crippen LogP contribution in [0.1, 0.15) is 0 Å². The van der Waals surface area contributed by atoms with Crippen LogP contribution < -0.4 is 10.1 Å². The quantitative estimate of drug-likeness (QED) is 0.643. The van der Waals surface area contributed by atoms with Gasteiger partial charge in [0.15, 0.2) is 11.6 Å². The number of hydrogen-bond acceptors (Lipinski definition) is 2. The van der Waals surface area contributed by atoms with Gasteiger partial charge in [-0.05, 0) is 0 Å². The molecule has 1 aliphatic heterocycles. The number of benzene rings is 1. The summed E-state index contributed by atoms with van der Waals surface area (Å²) in [6.45, 7) is 0. The van der Waals surface area contributed by atoms with Crippen LogP contribution in [0, 0.1) is 11.6 Å². The average Bonchev–Trinajstić information content (AvgIpc) is 2.04. The lowest BCUT2D eigenvalue weighted by Gasteiger charge is -2.13. The Kier molecular flexibility index (Phi) is 1.46. The number of rotatable bonds is 0. The number of ether oxygens (including phenoxy) is 1. The van der Waals surface area contributed by atoms with Gasteiger partial charge >= 0.3 is 0 Å². The van der Waals surface area contributed by atoms with Crippen LogP contribution in [0.5, 0.6) is 5.75 Å². The average molecular weight is 169 g/mol. The van der Waals surface area contributed by atoms with Crippen LogP contribution in [0.25, 0.3) is 0 Å². The number of hydrogen-bond donors (Lipinski definition) is 1. The Balaban J connectivity index is 2.57. The maximum Gasteiger partial charge on any atom is 0.155 e. The molecule has 12 heavy (non-hydrogen) atoms. The Morgan fingerprint density at radius 2 is 2.08 bits per heavy atom. The Morgan fingerprint density at radius 3 is 2.92 bits per heavy atom. The highest BCUT2D eigenvalue weighted by Gasteiger charge is 2.13. The second kappa shape index (κ2) is 2.48. The van der Waals surface area contributed by atoms with Crippen molar-refractivity contribution in [2.75, 3.05) is 5.32 Å². The van der Waals surface area contributed by atoms with Gasteiger partial charge in [-0.1, -0.05) is 0 Å². The molecule has 0 aromatic heterocycles. The molecular weight excluding hydrogens is 164 g/mol. The monoisotopic (exact) mass is 169 g/mol. The summed E-state index contributed by atoms with van der Waals surface area (Å²) in [7, 11) is 0. The molecule has 2 rings (SSSR count). The Hall–Kier alpha value is -1.58. The Labute approximate surface area is 67.5 Å². The van der Waals surface area contributed by atoms with E-state index >= 15 is 0 Å². The first-order valence-electron chi connectivity index (χ1n) is 3.34. The Morgan fingerprint density at radius 1 is 1.25 bits per heavy atom. The summed E-state index contributed by atoms with van der Waals surface area (Å²) in [4.78, 5) is 0. The van der Waals surface area contributed by atoms with Crippen LogP contribution >= 0.6 is 0 Å². The molecule has 0 fully saturated rings. The Bertz CT molecular complexity index is 349. The zero-order valence-corrected chi connectivity index (χ0v) is 5.97. The molecule has 1 aromatic carbocycles. The van der Waals surface area contributed by atoms with Gasteiger partial charge in [0.05, 0.1) is 0 Å². The van der Waals surface area contributed by atoms with E-state index in [9.17, 15) is 8.78 Å². The molecule has 62 valence electrons. The van der Waals surface area contributed by atoms with E-state index in [4.69, 9.17) is 4.74 Å². The molecule has 0 radical (unpaired) electrons. The summed E-state index contributed by atoms with van der Waals surface area (Å²) in [5, 5.41) is 2.61. The van der Waals surface area contributed by atoms with Gasteiger partial charge in [0.1, 0.15) is 17.8 Å². The maximum atomic E-state index is 12.9. The summed E-state index contributed by atoms with van der Waals surface area (Å²) in [5.74, 6) is -1.15. The second-order valence-electron chi connectivity index (χ2n) is 2.33. The lowest BCUT2D eigenvalue weighted by molar-refractivity contribution is 0.463. The van der Waals surface area contributed by atoms with Crippen molar-refractivity contribution in [3.8, 4) is 5.75 Å². The molecule has 4 heteroatoms. The van der Waals surface area contributed by atoms with E-state index in [0.29, 0.717) is 0 Å². The molecule has 0 spiro atoms. The molecular formula is C8H5F2NO. The molecule has 0 unspecified atom stereocenters. The van der Waals surface area contributed by atoms with Crippen LogP contribution in [-0.2, 0) is 0 Å². The smallest absolute Gasteiger partial charge is 0.155 e. The van der Waals surface area contributed by atoms with E-state index in [1.165, 1.54) is 12.5 Å². The number of anilines is 1. The van der Waals surface area contributed by atoms with Gasteiger partial charge in [0.2, 0.25) is 0 Å². The summed E-state index contributed by atoms with van der Waals surface area (Å²) in [6, 6.07) is 1.92. The minimum atomic E-state index is -0.658. The third-order valence-corrected chi connectivity index (χ3v) is 1.51. The van der Waals surface area contributed by atoms with Crippen LogP contribution in [0.3, 0.4) is 0 Å². The van der Waals surface area contributed by atoms with Gasteiger partial charge in [-0.15, -0.1) is 0 Å². The van der Waals surface area contributed by atoms with Gasteiger partial charge in [0, 0.05) is 18.3 Å². The maximum absolute atomic E-state index is 12.9. The fraction of sp³-hybridized carbons (Fsp3) is 0. The first-order valence-corrected chi connectivity index (χ1v) is 3.34. The standard InChI is InChI=1S/C8H5F2NO/c9-5-3-6(10)8-7(4-5)12-2-1-11-8/h1-4,11H. The third kappa shape index (κ3) is 1.01. The van der Waals surface area contributed by atoms with E-state index in [1.54, 1.807) is 0 Å². The van der Waals surface area contributed by atoms with Crippen LogP contribution in [0.4, 0.5) is 14.5 Å². The number of nitrogens with one attached hydrogen (secondary N) is 1. The summed E-state index contributed by atoms with van der Waals surface area (Å²) < 4.78 is 30.4. The van der Waals surface area contributed by atoms with Gasteiger partial charge in [-0.3, -0.25) is 0 Å². The minimum Gasteiger partial charge on any atom is -0.461 e. The van der Waals surface area contributed by atoms with Crippen molar-refractivity contribution < 1.29 is 13.5 Å². The van der Waals surface area contributed by atoms with Gasteiger partial charge < -0.3 is 10.1 Å². The van der Waals surface area contributed by atoms with E-state index in [-0.39, 0.29) is 11.4 Å². The zero-order chi connectivity index (χ0) is 8.55. The lowest BCUT2D eigenvalue weighted by Crippen LogP contribution is -2.02. The highest BCUT2D eigenvalue weighted by Crippen LogP contribution is 2.30. The van der Waals surface area contributed by atoms with Crippen molar-refractivity contribution in [3.05, 3.63) is 36.2 Å².